The summed E-state index contributed by atoms with van der Waals surface area (Å²) in [6.07, 6.45) is 0. The van der Waals surface area contributed by atoms with Crippen molar-refractivity contribution in [2.45, 2.75) is 0 Å². The van der Waals surface area contributed by atoms with Gasteiger partial charge in [-0.05, 0) is 22.9 Å². The Morgan fingerprint density at radius 1 is 0.310 bits per heavy atom. The molecule has 0 amide bonds. The third-order valence-electron chi connectivity index (χ3n) is 4.61. The predicted molar refractivity (Wildman–Crippen MR) is 124 cm³/mol. The van der Waals surface area contributed by atoms with Crippen molar-refractivity contribution in [2.24, 2.45) is 0 Å². The van der Waals surface area contributed by atoms with E-state index in [1.807, 2.05) is 72.8 Å². The fourth-order valence-electron chi connectivity index (χ4n) is 3.19. The molecule has 0 aliphatic heterocycles. The average molecular weight is 374 g/mol. The molecule has 1 nitrogen and oxygen atoms in total. The van der Waals surface area contributed by atoms with Crippen LogP contribution in [0, 0.1) is 0 Å². The third kappa shape index (κ3) is 4.72. The largest absolute Gasteiger partial charge is 0.456 e. The first-order valence-electron chi connectivity index (χ1n) is 9.72. The minimum atomic E-state index is 0.962. The summed E-state index contributed by atoms with van der Waals surface area (Å²) in [5.74, 6) is 0. The second-order valence-electron chi connectivity index (χ2n) is 6.60. The maximum atomic E-state index is 5.65. The first-order valence-corrected chi connectivity index (χ1v) is 9.72. The number of furan rings is 1. The number of hydrogen-bond acceptors (Lipinski definition) is 1. The summed E-state index contributed by atoms with van der Waals surface area (Å²) in [5, 5.41) is 5.01. The highest BCUT2D eigenvalue weighted by molar-refractivity contribution is 6.04. The van der Waals surface area contributed by atoms with E-state index < -0.39 is 0 Å². The Kier molecular flexibility index (Phi) is 5.99. The molecule has 1 heteroatoms. The smallest absolute Gasteiger partial charge is 0.135 e. The normalized spacial score (nSPS) is 10.1. The van der Waals surface area contributed by atoms with E-state index >= 15 is 0 Å². The van der Waals surface area contributed by atoms with Gasteiger partial charge in [0, 0.05) is 10.8 Å². The van der Waals surface area contributed by atoms with E-state index in [0.29, 0.717) is 0 Å². The lowest BCUT2D eigenvalue weighted by molar-refractivity contribution is 0.669. The van der Waals surface area contributed by atoms with Gasteiger partial charge in [-0.15, -0.1) is 0 Å². The first-order chi connectivity index (χ1) is 14.4. The Morgan fingerprint density at radius 3 is 1.00 bits per heavy atom. The number of fused-ring (bicyclic) bond motifs is 4. The maximum Gasteiger partial charge on any atom is 0.135 e. The van der Waals surface area contributed by atoms with Crippen LogP contribution in [0.3, 0.4) is 0 Å². The van der Waals surface area contributed by atoms with Crippen molar-refractivity contribution in [3.63, 3.8) is 0 Å². The summed E-state index contributed by atoms with van der Waals surface area (Å²) in [4.78, 5) is 0. The lowest BCUT2D eigenvalue weighted by Gasteiger charge is -1.92. The molecule has 0 saturated heterocycles. The van der Waals surface area contributed by atoms with E-state index in [2.05, 4.69) is 60.7 Å². The molecular formula is C28H22O. The summed E-state index contributed by atoms with van der Waals surface area (Å²) in [6, 6.07) is 44.9. The fourth-order valence-corrected chi connectivity index (χ4v) is 3.19. The SMILES string of the molecule is c1ccc2c(c1)oc1ccccc12.c1ccc2ccccc2c1.c1ccccc1. The Balaban J connectivity index is 0.000000114. The van der Waals surface area contributed by atoms with Crippen molar-refractivity contribution in [2.75, 3.05) is 0 Å². The Morgan fingerprint density at radius 2 is 0.621 bits per heavy atom. The van der Waals surface area contributed by atoms with Crippen LogP contribution in [0.2, 0.25) is 0 Å². The molecule has 6 rings (SSSR count). The van der Waals surface area contributed by atoms with Crippen LogP contribution in [0.1, 0.15) is 0 Å². The van der Waals surface area contributed by atoms with Crippen molar-refractivity contribution in [3.05, 3.63) is 133 Å². The molecule has 1 heterocycles. The Labute approximate surface area is 170 Å². The zero-order valence-corrected chi connectivity index (χ0v) is 16.1. The minimum absolute atomic E-state index is 0.962. The van der Waals surface area contributed by atoms with Gasteiger partial charge in [-0.25, -0.2) is 0 Å². The van der Waals surface area contributed by atoms with Gasteiger partial charge in [0.1, 0.15) is 11.2 Å². The molecule has 0 unspecified atom stereocenters. The van der Waals surface area contributed by atoms with E-state index in [4.69, 9.17) is 4.42 Å². The monoisotopic (exact) mass is 374 g/mol. The van der Waals surface area contributed by atoms with Crippen LogP contribution in [0.25, 0.3) is 32.7 Å². The van der Waals surface area contributed by atoms with Crippen molar-refractivity contribution >= 4 is 32.7 Å². The summed E-state index contributed by atoms with van der Waals surface area (Å²) in [6.45, 7) is 0. The van der Waals surface area contributed by atoms with Crippen LogP contribution < -0.4 is 0 Å². The second-order valence-corrected chi connectivity index (χ2v) is 6.60. The second kappa shape index (κ2) is 9.38. The molecule has 29 heavy (non-hydrogen) atoms. The summed E-state index contributed by atoms with van der Waals surface area (Å²) >= 11 is 0. The molecule has 0 N–H and O–H groups in total. The van der Waals surface area contributed by atoms with Crippen molar-refractivity contribution < 1.29 is 4.42 Å². The summed E-state index contributed by atoms with van der Waals surface area (Å²) in [5.41, 5.74) is 1.92. The molecule has 6 aromatic rings. The van der Waals surface area contributed by atoms with Gasteiger partial charge in [-0.2, -0.15) is 0 Å². The molecule has 0 atom stereocenters. The minimum Gasteiger partial charge on any atom is -0.456 e. The zero-order valence-electron chi connectivity index (χ0n) is 16.1. The Hall–Kier alpha value is -3.84. The molecule has 5 aromatic carbocycles. The van der Waals surface area contributed by atoms with Gasteiger partial charge >= 0.3 is 0 Å². The highest BCUT2D eigenvalue weighted by Gasteiger charge is 2.03. The third-order valence-corrected chi connectivity index (χ3v) is 4.61. The van der Waals surface area contributed by atoms with Gasteiger partial charge in [0.2, 0.25) is 0 Å². The van der Waals surface area contributed by atoms with E-state index in [0.717, 1.165) is 11.2 Å². The standard InChI is InChI=1S/C12H8O.C10H8.C6H6/c1-3-7-11-9(5-1)10-6-2-4-8-12(10)13-11;1-2-6-10-8-4-3-7-9(10)5-1;1-2-4-6-5-3-1/h1-8H;1-8H;1-6H. The van der Waals surface area contributed by atoms with Gasteiger partial charge in [-0.3, -0.25) is 0 Å². The van der Waals surface area contributed by atoms with Gasteiger partial charge in [0.15, 0.2) is 0 Å². The van der Waals surface area contributed by atoms with E-state index in [1.54, 1.807) is 0 Å². The lowest BCUT2D eigenvalue weighted by atomic mass is 10.1. The molecule has 0 fully saturated rings. The quantitative estimate of drug-likeness (QED) is 0.262. The first kappa shape index (κ1) is 18.5. The van der Waals surface area contributed by atoms with E-state index in [9.17, 15) is 0 Å². The van der Waals surface area contributed by atoms with Gasteiger partial charge in [0.05, 0.1) is 0 Å². The molecule has 1 aromatic heterocycles. The molecule has 0 radical (unpaired) electrons. The van der Waals surface area contributed by atoms with Gasteiger partial charge < -0.3 is 4.42 Å². The van der Waals surface area contributed by atoms with Crippen LogP contribution in [0.5, 0.6) is 0 Å². The van der Waals surface area contributed by atoms with E-state index in [-0.39, 0.29) is 0 Å². The molecule has 0 bridgehead atoms. The number of benzene rings is 5. The number of para-hydroxylation sites is 2. The fraction of sp³-hybridized carbons (Fsp3) is 0. The molecular weight excluding hydrogens is 352 g/mol. The van der Waals surface area contributed by atoms with Crippen LogP contribution in [0.4, 0.5) is 0 Å². The molecule has 0 aliphatic rings. The molecule has 0 saturated carbocycles. The van der Waals surface area contributed by atoms with Crippen molar-refractivity contribution in [3.8, 4) is 0 Å². The zero-order chi connectivity index (χ0) is 19.7. The van der Waals surface area contributed by atoms with Crippen LogP contribution in [-0.4, -0.2) is 0 Å². The molecule has 0 aliphatic carbocycles. The van der Waals surface area contributed by atoms with Crippen LogP contribution in [-0.2, 0) is 0 Å². The maximum absolute atomic E-state index is 5.65. The van der Waals surface area contributed by atoms with Crippen molar-refractivity contribution in [1.29, 1.82) is 0 Å². The van der Waals surface area contributed by atoms with Crippen LogP contribution >= 0.6 is 0 Å². The lowest BCUT2D eigenvalue weighted by Crippen LogP contribution is -1.67. The van der Waals surface area contributed by atoms with E-state index in [1.165, 1.54) is 21.5 Å². The van der Waals surface area contributed by atoms with Crippen LogP contribution in [0.15, 0.2) is 138 Å². The molecule has 0 spiro atoms. The Bertz CT molecular complexity index is 1160. The van der Waals surface area contributed by atoms with Crippen molar-refractivity contribution in [1.82, 2.24) is 0 Å². The van der Waals surface area contributed by atoms with Gasteiger partial charge in [-0.1, -0.05) is 121 Å². The topological polar surface area (TPSA) is 13.1 Å². The summed E-state index contributed by atoms with van der Waals surface area (Å²) < 4.78 is 5.65. The summed E-state index contributed by atoms with van der Waals surface area (Å²) in [7, 11) is 0. The highest BCUT2D eigenvalue weighted by atomic mass is 16.3. The molecule has 140 valence electrons. The predicted octanol–water partition coefficient (Wildman–Crippen LogP) is 8.11. The average Bonchev–Trinajstić information content (AvgIpc) is 3.20. The number of rotatable bonds is 0. The van der Waals surface area contributed by atoms with Gasteiger partial charge in [0.25, 0.3) is 0 Å². The number of hydrogen-bond donors (Lipinski definition) is 0. The highest BCUT2D eigenvalue weighted by Crippen LogP contribution is 2.27.